The SMILES string of the molecule is O=C(N[C@@H](Cc1ccccc1)C(=O)N1CC[C@H]2OCC(=O)[C@H]21)c1ccsc1.S.S. The molecule has 2 aliphatic rings. The molecule has 0 radical (unpaired) electrons. The second-order valence-electron chi connectivity index (χ2n) is 6.81. The maximum atomic E-state index is 13.2. The Morgan fingerprint density at radius 3 is 2.66 bits per heavy atom. The predicted octanol–water partition coefficient (Wildman–Crippen LogP) is 1.88. The molecule has 3 atom stereocenters. The molecule has 0 saturated carbocycles. The fourth-order valence-electron chi connectivity index (χ4n) is 3.73. The number of hydrogen-bond acceptors (Lipinski definition) is 5. The van der Waals surface area contributed by atoms with Gasteiger partial charge in [0.15, 0.2) is 5.78 Å². The van der Waals surface area contributed by atoms with Crippen molar-refractivity contribution in [3.63, 3.8) is 0 Å². The van der Waals surface area contributed by atoms with Crippen LogP contribution in [0.1, 0.15) is 22.3 Å². The summed E-state index contributed by atoms with van der Waals surface area (Å²) >= 11 is 1.43. The van der Waals surface area contributed by atoms with Gasteiger partial charge in [-0.2, -0.15) is 38.3 Å². The van der Waals surface area contributed by atoms with Crippen molar-refractivity contribution < 1.29 is 19.1 Å². The number of rotatable bonds is 5. The molecule has 1 aromatic heterocycles. The molecular formula is C20H24N2O4S3. The minimum atomic E-state index is -0.730. The van der Waals surface area contributed by atoms with Gasteiger partial charge in [-0.1, -0.05) is 30.3 Å². The molecule has 156 valence electrons. The lowest BCUT2D eigenvalue weighted by Gasteiger charge is -2.27. The number of Topliss-reactive ketones (excluding diaryl/α,β-unsaturated/α-hetero) is 1. The van der Waals surface area contributed by atoms with Crippen molar-refractivity contribution >= 4 is 55.9 Å². The van der Waals surface area contributed by atoms with Crippen molar-refractivity contribution in [2.45, 2.75) is 31.0 Å². The van der Waals surface area contributed by atoms with Crippen LogP contribution in [0.3, 0.4) is 0 Å². The third-order valence-corrected chi connectivity index (χ3v) is 5.75. The van der Waals surface area contributed by atoms with Gasteiger partial charge >= 0.3 is 0 Å². The van der Waals surface area contributed by atoms with Crippen LogP contribution in [0.2, 0.25) is 0 Å². The van der Waals surface area contributed by atoms with Gasteiger partial charge < -0.3 is 15.0 Å². The quantitative estimate of drug-likeness (QED) is 0.752. The highest BCUT2D eigenvalue weighted by atomic mass is 32.1. The van der Waals surface area contributed by atoms with E-state index in [-0.39, 0.29) is 57.3 Å². The topological polar surface area (TPSA) is 75.7 Å². The lowest BCUT2D eigenvalue weighted by molar-refractivity contribution is -0.138. The van der Waals surface area contributed by atoms with E-state index in [9.17, 15) is 14.4 Å². The van der Waals surface area contributed by atoms with Crippen LogP contribution in [0, 0.1) is 0 Å². The second-order valence-corrected chi connectivity index (χ2v) is 7.59. The molecule has 3 heterocycles. The Labute approximate surface area is 187 Å². The Kier molecular flexibility index (Phi) is 8.33. The molecule has 29 heavy (non-hydrogen) atoms. The summed E-state index contributed by atoms with van der Waals surface area (Å²) in [4.78, 5) is 39.5. The number of carbonyl (C=O) groups is 3. The zero-order valence-corrected chi connectivity index (χ0v) is 18.5. The number of nitrogens with zero attached hydrogens (tertiary/aromatic N) is 1. The summed E-state index contributed by atoms with van der Waals surface area (Å²) in [5.74, 6) is -0.572. The average molecular weight is 453 g/mol. The summed E-state index contributed by atoms with van der Waals surface area (Å²) in [6.07, 6.45) is 0.809. The number of amides is 2. The Hall–Kier alpha value is -1.81. The number of likely N-dealkylation sites (tertiary alicyclic amines) is 1. The van der Waals surface area contributed by atoms with Gasteiger partial charge in [-0.15, -0.1) is 0 Å². The van der Waals surface area contributed by atoms with Crippen molar-refractivity contribution in [3.05, 3.63) is 58.3 Å². The maximum absolute atomic E-state index is 13.2. The van der Waals surface area contributed by atoms with Crippen LogP contribution < -0.4 is 5.32 Å². The maximum Gasteiger partial charge on any atom is 0.252 e. The Balaban J connectivity index is 0.00000150. The third-order valence-electron chi connectivity index (χ3n) is 5.06. The minimum Gasteiger partial charge on any atom is -0.368 e. The van der Waals surface area contributed by atoms with Gasteiger partial charge in [-0.25, -0.2) is 0 Å². The van der Waals surface area contributed by atoms with Gasteiger partial charge in [0.05, 0.1) is 11.7 Å². The molecule has 2 aromatic rings. The molecule has 2 fully saturated rings. The van der Waals surface area contributed by atoms with E-state index in [1.165, 1.54) is 11.3 Å². The molecule has 9 heteroatoms. The first-order valence-corrected chi connectivity index (χ1v) is 9.89. The highest BCUT2D eigenvalue weighted by molar-refractivity contribution is 7.59. The minimum absolute atomic E-state index is 0. The van der Waals surface area contributed by atoms with Gasteiger partial charge in [0.2, 0.25) is 5.91 Å². The van der Waals surface area contributed by atoms with Crippen LogP contribution in [0.5, 0.6) is 0 Å². The van der Waals surface area contributed by atoms with Crippen LogP contribution >= 0.6 is 38.3 Å². The summed E-state index contributed by atoms with van der Waals surface area (Å²) in [6, 6.07) is 10.0. The number of thiophene rings is 1. The van der Waals surface area contributed by atoms with E-state index in [4.69, 9.17) is 4.74 Å². The standard InChI is InChI=1S/C20H20N2O4S.2H2S/c23-16-11-26-17-6-8-22(18(16)17)20(25)15(10-13-4-2-1-3-5-13)21-19(24)14-7-9-27-12-14;;/h1-5,7,9,12,15,17-18H,6,8,10-11H2,(H,21,24);2*1H2/t15-,17+,18+;;/m0../s1. The highest BCUT2D eigenvalue weighted by Crippen LogP contribution is 2.28. The van der Waals surface area contributed by atoms with Crippen LogP contribution in [-0.2, 0) is 20.7 Å². The molecule has 0 spiro atoms. The molecule has 0 bridgehead atoms. The van der Waals surface area contributed by atoms with E-state index in [2.05, 4.69) is 5.32 Å². The van der Waals surface area contributed by atoms with Gasteiger partial charge in [-0.05, 0) is 23.4 Å². The zero-order valence-electron chi connectivity index (χ0n) is 15.7. The number of fused-ring (bicyclic) bond motifs is 1. The molecule has 2 saturated heterocycles. The van der Waals surface area contributed by atoms with E-state index in [1.54, 1.807) is 16.3 Å². The summed E-state index contributed by atoms with van der Waals surface area (Å²) in [5.41, 5.74) is 1.48. The van der Waals surface area contributed by atoms with Gasteiger partial charge in [0.1, 0.15) is 18.7 Å². The van der Waals surface area contributed by atoms with E-state index in [0.29, 0.717) is 24.9 Å². The van der Waals surface area contributed by atoms with Crippen LogP contribution in [-0.4, -0.2) is 53.8 Å². The summed E-state index contributed by atoms with van der Waals surface area (Å²) < 4.78 is 5.48. The molecule has 0 unspecified atom stereocenters. The van der Waals surface area contributed by atoms with Crippen LogP contribution in [0.25, 0.3) is 0 Å². The van der Waals surface area contributed by atoms with E-state index in [0.717, 1.165) is 5.56 Å². The average Bonchev–Trinajstić information content (AvgIpc) is 3.41. The smallest absolute Gasteiger partial charge is 0.252 e. The normalized spacial score (nSPS) is 21.0. The molecule has 6 nitrogen and oxygen atoms in total. The second kappa shape index (κ2) is 10.3. The number of benzene rings is 1. The van der Waals surface area contributed by atoms with Gasteiger partial charge in [0.25, 0.3) is 5.91 Å². The fraction of sp³-hybridized carbons (Fsp3) is 0.350. The Morgan fingerprint density at radius 2 is 1.97 bits per heavy atom. The lowest BCUT2D eigenvalue weighted by atomic mass is 10.0. The summed E-state index contributed by atoms with van der Waals surface area (Å²) in [6.45, 7) is 0.531. The molecule has 2 amide bonds. The molecule has 1 aromatic carbocycles. The number of hydrogen-bond donors (Lipinski definition) is 1. The zero-order chi connectivity index (χ0) is 18.8. The first kappa shape index (κ1) is 23.5. The number of nitrogens with one attached hydrogen (secondary N) is 1. The summed E-state index contributed by atoms with van der Waals surface area (Å²) in [5, 5.41) is 6.44. The number of ketones is 1. The Bertz CT molecular complexity index is 845. The summed E-state index contributed by atoms with van der Waals surface area (Å²) in [7, 11) is 0. The lowest BCUT2D eigenvalue weighted by Crippen LogP contribution is -2.53. The van der Waals surface area contributed by atoms with E-state index in [1.807, 2.05) is 35.7 Å². The molecular weight excluding hydrogens is 428 g/mol. The van der Waals surface area contributed by atoms with Crippen LogP contribution in [0.15, 0.2) is 47.2 Å². The fourth-order valence-corrected chi connectivity index (χ4v) is 4.36. The monoisotopic (exact) mass is 452 g/mol. The van der Waals surface area contributed by atoms with Crippen molar-refractivity contribution in [1.29, 1.82) is 0 Å². The Morgan fingerprint density at radius 1 is 1.21 bits per heavy atom. The van der Waals surface area contributed by atoms with Crippen molar-refractivity contribution in [2.75, 3.05) is 13.2 Å². The number of carbonyl (C=O) groups excluding carboxylic acids is 3. The third kappa shape index (κ3) is 5.03. The molecule has 0 aliphatic carbocycles. The van der Waals surface area contributed by atoms with E-state index >= 15 is 0 Å². The molecule has 1 N–H and O–H groups in total. The van der Waals surface area contributed by atoms with Gasteiger partial charge in [-0.3, -0.25) is 14.4 Å². The number of ether oxygens (including phenoxy) is 1. The molecule has 4 rings (SSSR count). The van der Waals surface area contributed by atoms with Crippen molar-refractivity contribution in [1.82, 2.24) is 10.2 Å². The van der Waals surface area contributed by atoms with E-state index < -0.39 is 12.1 Å². The van der Waals surface area contributed by atoms with Gasteiger partial charge in [0, 0.05) is 18.3 Å². The largest absolute Gasteiger partial charge is 0.368 e. The highest BCUT2D eigenvalue weighted by Gasteiger charge is 2.48. The van der Waals surface area contributed by atoms with Crippen molar-refractivity contribution in [2.24, 2.45) is 0 Å². The van der Waals surface area contributed by atoms with Crippen molar-refractivity contribution in [3.8, 4) is 0 Å². The first-order chi connectivity index (χ1) is 13.1. The predicted molar refractivity (Wildman–Crippen MR) is 121 cm³/mol. The first-order valence-electron chi connectivity index (χ1n) is 8.95. The molecule has 2 aliphatic heterocycles. The van der Waals surface area contributed by atoms with Crippen LogP contribution in [0.4, 0.5) is 0 Å².